The van der Waals surface area contributed by atoms with Crippen molar-refractivity contribution in [1.29, 1.82) is 0 Å². The highest BCUT2D eigenvalue weighted by Gasteiger charge is 2.04. The Labute approximate surface area is 143 Å². The first-order valence-corrected chi connectivity index (χ1v) is 8.20. The van der Waals surface area contributed by atoms with Crippen LogP contribution in [0, 0.1) is 0 Å². The zero-order chi connectivity index (χ0) is 17.0. The summed E-state index contributed by atoms with van der Waals surface area (Å²) in [6.45, 7) is 1.22. The molecule has 0 heterocycles. The molecule has 0 unspecified atom stereocenters. The van der Waals surface area contributed by atoms with Crippen molar-refractivity contribution in [3.8, 4) is 0 Å². The second kappa shape index (κ2) is 10.4. The summed E-state index contributed by atoms with van der Waals surface area (Å²) >= 11 is 0. The number of hydrogen-bond acceptors (Lipinski definition) is 3. The molecule has 0 radical (unpaired) electrons. The van der Waals surface area contributed by atoms with E-state index in [1.807, 2.05) is 36.4 Å². The zero-order valence-corrected chi connectivity index (χ0v) is 14.1. The first-order valence-electron chi connectivity index (χ1n) is 8.20. The zero-order valence-electron chi connectivity index (χ0n) is 14.1. The highest BCUT2D eigenvalue weighted by molar-refractivity contribution is 5.69. The standard InChI is InChI=1S/C21H24O3/c1-23-21(22)15-14-20-12-6-5-11-19(20)13-7-8-16-24-17-18-9-3-2-4-10-18/h2-12H,13-17H2,1H3/b8-7+. The Balaban J connectivity index is 1.75. The Morgan fingerprint density at radius 3 is 2.42 bits per heavy atom. The van der Waals surface area contributed by atoms with E-state index >= 15 is 0 Å². The van der Waals surface area contributed by atoms with Gasteiger partial charge in [0.15, 0.2) is 0 Å². The minimum absolute atomic E-state index is 0.172. The summed E-state index contributed by atoms with van der Waals surface area (Å²) in [7, 11) is 1.42. The van der Waals surface area contributed by atoms with Crippen LogP contribution in [0.1, 0.15) is 23.1 Å². The lowest BCUT2D eigenvalue weighted by Gasteiger charge is -2.07. The van der Waals surface area contributed by atoms with Gasteiger partial charge in [0.05, 0.1) is 20.3 Å². The number of rotatable bonds is 9. The molecular formula is C21H24O3. The van der Waals surface area contributed by atoms with Gasteiger partial charge in [-0.25, -0.2) is 0 Å². The van der Waals surface area contributed by atoms with E-state index in [9.17, 15) is 4.79 Å². The lowest BCUT2D eigenvalue weighted by atomic mass is 10.0. The number of aryl methyl sites for hydroxylation is 1. The Kier molecular flexibility index (Phi) is 7.78. The Morgan fingerprint density at radius 1 is 0.958 bits per heavy atom. The highest BCUT2D eigenvalue weighted by atomic mass is 16.5. The number of esters is 1. The van der Waals surface area contributed by atoms with Crippen molar-refractivity contribution >= 4 is 5.97 Å². The molecule has 0 N–H and O–H groups in total. The third-order valence-corrected chi connectivity index (χ3v) is 3.77. The fourth-order valence-electron chi connectivity index (χ4n) is 2.44. The van der Waals surface area contributed by atoms with Gasteiger partial charge in [-0.1, -0.05) is 66.7 Å². The van der Waals surface area contributed by atoms with E-state index in [4.69, 9.17) is 9.47 Å². The Morgan fingerprint density at radius 2 is 1.67 bits per heavy atom. The van der Waals surface area contributed by atoms with Crippen LogP contribution in [0.4, 0.5) is 0 Å². The van der Waals surface area contributed by atoms with Crippen LogP contribution in [0.5, 0.6) is 0 Å². The van der Waals surface area contributed by atoms with Crippen LogP contribution in [0.2, 0.25) is 0 Å². The van der Waals surface area contributed by atoms with E-state index in [2.05, 4.69) is 30.3 Å². The molecule has 0 saturated heterocycles. The summed E-state index contributed by atoms with van der Waals surface area (Å²) in [6.07, 6.45) is 6.12. The van der Waals surface area contributed by atoms with E-state index in [1.165, 1.54) is 23.8 Å². The molecule has 3 heteroatoms. The molecule has 126 valence electrons. The van der Waals surface area contributed by atoms with Crippen molar-refractivity contribution in [3.63, 3.8) is 0 Å². The van der Waals surface area contributed by atoms with Crippen molar-refractivity contribution < 1.29 is 14.3 Å². The molecule has 0 atom stereocenters. The lowest BCUT2D eigenvalue weighted by molar-refractivity contribution is -0.140. The predicted octanol–water partition coefficient (Wildman–Crippen LogP) is 4.11. The van der Waals surface area contributed by atoms with E-state index in [0.717, 1.165) is 6.42 Å². The monoisotopic (exact) mass is 324 g/mol. The largest absolute Gasteiger partial charge is 0.469 e. The van der Waals surface area contributed by atoms with Crippen molar-refractivity contribution in [1.82, 2.24) is 0 Å². The first kappa shape index (κ1) is 18.0. The molecule has 0 bridgehead atoms. The van der Waals surface area contributed by atoms with Crippen LogP contribution < -0.4 is 0 Å². The van der Waals surface area contributed by atoms with Gasteiger partial charge in [0.2, 0.25) is 0 Å². The molecule has 0 spiro atoms. The number of carbonyl (C=O) groups is 1. The molecule has 0 amide bonds. The maximum absolute atomic E-state index is 11.3. The van der Waals surface area contributed by atoms with Crippen molar-refractivity contribution in [2.24, 2.45) is 0 Å². The summed E-state index contributed by atoms with van der Waals surface area (Å²) in [5.41, 5.74) is 3.61. The number of ether oxygens (including phenoxy) is 2. The van der Waals surface area contributed by atoms with E-state index in [-0.39, 0.29) is 5.97 Å². The minimum atomic E-state index is -0.172. The average molecular weight is 324 g/mol. The topological polar surface area (TPSA) is 35.5 Å². The van der Waals surface area contributed by atoms with E-state index in [1.54, 1.807) is 0 Å². The molecule has 0 aliphatic rings. The minimum Gasteiger partial charge on any atom is -0.469 e. The van der Waals surface area contributed by atoms with Crippen molar-refractivity contribution in [2.45, 2.75) is 25.9 Å². The maximum Gasteiger partial charge on any atom is 0.305 e. The number of hydrogen-bond donors (Lipinski definition) is 0. The van der Waals surface area contributed by atoms with Crippen LogP contribution >= 0.6 is 0 Å². The molecule has 2 aromatic rings. The third kappa shape index (κ3) is 6.39. The van der Waals surface area contributed by atoms with Gasteiger partial charge >= 0.3 is 5.97 Å². The molecule has 2 aromatic carbocycles. The van der Waals surface area contributed by atoms with Gasteiger partial charge in [-0.15, -0.1) is 0 Å². The fraction of sp³-hybridized carbons (Fsp3) is 0.286. The normalized spacial score (nSPS) is 10.9. The molecule has 0 saturated carbocycles. The van der Waals surface area contributed by atoms with Gasteiger partial charge in [-0.3, -0.25) is 4.79 Å². The molecule has 0 fully saturated rings. The Bertz CT molecular complexity index is 647. The molecule has 3 nitrogen and oxygen atoms in total. The summed E-state index contributed by atoms with van der Waals surface area (Å²) in [5, 5.41) is 0. The number of benzene rings is 2. The fourth-order valence-corrected chi connectivity index (χ4v) is 2.44. The first-order chi connectivity index (χ1) is 11.8. The second-order valence-electron chi connectivity index (χ2n) is 5.52. The van der Waals surface area contributed by atoms with Gasteiger partial charge in [0.1, 0.15) is 0 Å². The van der Waals surface area contributed by atoms with E-state index in [0.29, 0.717) is 26.1 Å². The van der Waals surface area contributed by atoms with Gasteiger partial charge < -0.3 is 9.47 Å². The van der Waals surface area contributed by atoms with Crippen LogP contribution in [-0.4, -0.2) is 19.7 Å². The summed E-state index contributed by atoms with van der Waals surface area (Å²) in [4.78, 5) is 11.3. The average Bonchev–Trinajstić information content (AvgIpc) is 2.64. The smallest absolute Gasteiger partial charge is 0.305 e. The van der Waals surface area contributed by atoms with Gasteiger partial charge in [-0.05, 0) is 29.5 Å². The number of carbonyl (C=O) groups excluding carboxylic acids is 1. The summed E-state index contributed by atoms with van der Waals surface area (Å²) in [5.74, 6) is -0.172. The predicted molar refractivity (Wildman–Crippen MR) is 95.7 cm³/mol. The molecular weight excluding hydrogens is 300 g/mol. The summed E-state index contributed by atoms with van der Waals surface area (Å²) < 4.78 is 10.3. The van der Waals surface area contributed by atoms with Crippen LogP contribution in [-0.2, 0) is 33.7 Å². The van der Waals surface area contributed by atoms with Crippen LogP contribution in [0.3, 0.4) is 0 Å². The van der Waals surface area contributed by atoms with Crippen LogP contribution in [0.15, 0.2) is 66.7 Å². The van der Waals surface area contributed by atoms with Gasteiger partial charge in [0.25, 0.3) is 0 Å². The lowest BCUT2D eigenvalue weighted by Crippen LogP contribution is -2.03. The molecule has 0 aliphatic carbocycles. The third-order valence-electron chi connectivity index (χ3n) is 3.77. The number of allylic oxidation sites excluding steroid dienone is 1. The molecule has 0 aromatic heterocycles. The SMILES string of the molecule is COC(=O)CCc1ccccc1C/C=C/COCc1ccccc1. The molecule has 2 rings (SSSR count). The number of methoxy groups -OCH3 is 1. The van der Waals surface area contributed by atoms with Crippen molar-refractivity contribution in [3.05, 3.63) is 83.4 Å². The molecule has 0 aliphatic heterocycles. The quantitative estimate of drug-likeness (QED) is 0.396. The van der Waals surface area contributed by atoms with E-state index < -0.39 is 0 Å². The molecule has 24 heavy (non-hydrogen) atoms. The van der Waals surface area contributed by atoms with Gasteiger partial charge in [0, 0.05) is 6.42 Å². The summed E-state index contributed by atoms with van der Waals surface area (Å²) in [6, 6.07) is 18.3. The Hall–Kier alpha value is -2.39. The highest BCUT2D eigenvalue weighted by Crippen LogP contribution is 2.13. The second-order valence-corrected chi connectivity index (χ2v) is 5.52. The van der Waals surface area contributed by atoms with Gasteiger partial charge in [-0.2, -0.15) is 0 Å². The van der Waals surface area contributed by atoms with Crippen molar-refractivity contribution in [2.75, 3.05) is 13.7 Å². The van der Waals surface area contributed by atoms with Crippen LogP contribution in [0.25, 0.3) is 0 Å². The maximum atomic E-state index is 11.3.